The zero-order valence-corrected chi connectivity index (χ0v) is 12.0. The summed E-state index contributed by atoms with van der Waals surface area (Å²) < 4.78 is 5.56. The van der Waals surface area contributed by atoms with Crippen LogP contribution in [0.1, 0.15) is 24.5 Å². The van der Waals surface area contributed by atoms with Gasteiger partial charge in [0.25, 0.3) is 0 Å². The summed E-state index contributed by atoms with van der Waals surface area (Å²) in [5, 5.41) is 22.1. The molecule has 1 aromatic carbocycles. The number of aliphatic hydroxyl groups is 2. The number of ether oxygens (including phenoxy) is 1. The lowest BCUT2D eigenvalue weighted by atomic mass is 10.1. The summed E-state index contributed by atoms with van der Waals surface area (Å²) in [6, 6.07) is 5.99. The van der Waals surface area contributed by atoms with Gasteiger partial charge in [-0.3, -0.25) is 0 Å². The zero-order chi connectivity index (χ0) is 14.3. The largest absolute Gasteiger partial charge is 0.491 e. The molecule has 1 aromatic rings. The third kappa shape index (κ3) is 6.57. The van der Waals surface area contributed by atoms with Gasteiger partial charge in [-0.1, -0.05) is 13.0 Å². The number of aryl methyl sites for hydroxylation is 2. The van der Waals surface area contributed by atoms with Gasteiger partial charge in [-0.15, -0.1) is 0 Å². The van der Waals surface area contributed by atoms with Crippen LogP contribution in [0.15, 0.2) is 18.2 Å². The van der Waals surface area contributed by atoms with Crippen LogP contribution in [0.3, 0.4) is 0 Å². The Bertz CT molecular complexity index is 361. The van der Waals surface area contributed by atoms with Gasteiger partial charge in [-0.2, -0.15) is 0 Å². The first-order valence-corrected chi connectivity index (χ1v) is 6.79. The molecule has 0 saturated carbocycles. The molecule has 0 spiro atoms. The van der Waals surface area contributed by atoms with Gasteiger partial charge in [-0.05, 0) is 43.5 Å². The van der Waals surface area contributed by atoms with Gasteiger partial charge in [0.15, 0.2) is 0 Å². The molecule has 0 amide bonds. The molecule has 0 radical (unpaired) electrons. The lowest BCUT2D eigenvalue weighted by Gasteiger charge is -2.15. The SMILES string of the molecule is CCC(O)CNCC(O)COc1cc(C)cc(C)c1. The number of hydrogen-bond donors (Lipinski definition) is 3. The fourth-order valence-electron chi connectivity index (χ4n) is 1.83. The minimum Gasteiger partial charge on any atom is -0.491 e. The summed E-state index contributed by atoms with van der Waals surface area (Å²) in [6.45, 7) is 7.12. The molecule has 1 rings (SSSR count). The Morgan fingerprint density at radius 1 is 1.05 bits per heavy atom. The van der Waals surface area contributed by atoms with E-state index in [0.717, 1.165) is 16.9 Å². The second-order valence-corrected chi connectivity index (χ2v) is 5.01. The predicted molar refractivity (Wildman–Crippen MR) is 76.6 cm³/mol. The number of benzene rings is 1. The zero-order valence-electron chi connectivity index (χ0n) is 12.0. The van der Waals surface area contributed by atoms with E-state index in [1.54, 1.807) is 0 Å². The molecule has 0 heterocycles. The van der Waals surface area contributed by atoms with Crippen LogP contribution < -0.4 is 10.1 Å². The quantitative estimate of drug-likeness (QED) is 0.666. The summed E-state index contributed by atoms with van der Waals surface area (Å²) in [6.07, 6.45) is -0.222. The van der Waals surface area contributed by atoms with E-state index in [1.165, 1.54) is 0 Å². The van der Waals surface area contributed by atoms with Crippen molar-refractivity contribution in [3.05, 3.63) is 29.3 Å². The second kappa shape index (κ2) is 8.15. The minimum atomic E-state index is -0.579. The van der Waals surface area contributed by atoms with Crippen molar-refractivity contribution in [3.63, 3.8) is 0 Å². The second-order valence-electron chi connectivity index (χ2n) is 5.01. The van der Waals surface area contributed by atoms with Gasteiger partial charge in [0.2, 0.25) is 0 Å². The Balaban J connectivity index is 2.27. The van der Waals surface area contributed by atoms with E-state index in [1.807, 2.05) is 32.9 Å². The summed E-state index contributed by atoms with van der Waals surface area (Å²) >= 11 is 0. The van der Waals surface area contributed by atoms with Crippen LogP contribution in [0.5, 0.6) is 5.75 Å². The van der Waals surface area contributed by atoms with Gasteiger partial charge in [-0.25, -0.2) is 0 Å². The minimum absolute atomic E-state index is 0.248. The molecule has 2 unspecified atom stereocenters. The molecular formula is C15H25NO3. The number of hydrogen-bond acceptors (Lipinski definition) is 4. The molecule has 108 valence electrons. The molecule has 0 aliphatic heterocycles. The fourth-order valence-corrected chi connectivity index (χ4v) is 1.83. The van der Waals surface area contributed by atoms with Crippen molar-refractivity contribution in [2.75, 3.05) is 19.7 Å². The van der Waals surface area contributed by atoms with E-state index < -0.39 is 6.10 Å². The normalized spacial score (nSPS) is 14.2. The lowest BCUT2D eigenvalue weighted by molar-refractivity contribution is 0.0991. The molecule has 0 aliphatic rings. The Morgan fingerprint density at radius 3 is 2.21 bits per heavy atom. The highest BCUT2D eigenvalue weighted by Gasteiger charge is 2.07. The molecule has 0 aromatic heterocycles. The first kappa shape index (κ1) is 16.0. The van der Waals surface area contributed by atoms with Crippen LogP contribution in [-0.2, 0) is 0 Å². The van der Waals surface area contributed by atoms with Gasteiger partial charge in [0, 0.05) is 13.1 Å². The van der Waals surface area contributed by atoms with Crippen molar-refractivity contribution in [3.8, 4) is 5.75 Å². The smallest absolute Gasteiger partial charge is 0.119 e. The van der Waals surface area contributed by atoms with Crippen LogP contribution in [-0.4, -0.2) is 42.1 Å². The van der Waals surface area contributed by atoms with Gasteiger partial charge in [0.1, 0.15) is 18.5 Å². The summed E-state index contributed by atoms with van der Waals surface area (Å²) in [4.78, 5) is 0. The van der Waals surface area contributed by atoms with E-state index in [9.17, 15) is 10.2 Å². The number of rotatable bonds is 8. The van der Waals surface area contributed by atoms with Crippen molar-refractivity contribution >= 4 is 0 Å². The van der Waals surface area contributed by atoms with Crippen LogP contribution >= 0.6 is 0 Å². The van der Waals surface area contributed by atoms with Crippen molar-refractivity contribution < 1.29 is 14.9 Å². The molecule has 2 atom stereocenters. The van der Waals surface area contributed by atoms with Crippen LogP contribution in [0.4, 0.5) is 0 Å². The number of nitrogens with one attached hydrogen (secondary N) is 1. The molecular weight excluding hydrogens is 242 g/mol. The Morgan fingerprint density at radius 2 is 1.63 bits per heavy atom. The highest BCUT2D eigenvalue weighted by atomic mass is 16.5. The van der Waals surface area contributed by atoms with Crippen molar-refractivity contribution in [2.24, 2.45) is 0 Å². The van der Waals surface area contributed by atoms with Crippen LogP contribution in [0.2, 0.25) is 0 Å². The van der Waals surface area contributed by atoms with E-state index in [-0.39, 0.29) is 12.7 Å². The van der Waals surface area contributed by atoms with Crippen LogP contribution in [0, 0.1) is 13.8 Å². The highest BCUT2D eigenvalue weighted by molar-refractivity contribution is 5.32. The third-order valence-corrected chi connectivity index (χ3v) is 2.87. The fraction of sp³-hybridized carbons (Fsp3) is 0.600. The van der Waals surface area contributed by atoms with Crippen molar-refractivity contribution in [2.45, 2.75) is 39.4 Å². The first-order chi connectivity index (χ1) is 9.01. The molecule has 19 heavy (non-hydrogen) atoms. The lowest BCUT2D eigenvalue weighted by Crippen LogP contribution is -2.35. The Labute approximate surface area is 115 Å². The monoisotopic (exact) mass is 267 g/mol. The van der Waals surface area contributed by atoms with Crippen molar-refractivity contribution in [1.29, 1.82) is 0 Å². The summed E-state index contributed by atoms with van der Waals surface area (Å²) in [5.41, 5.74) is 2.29. The predicted octanol–water partition coefficient (Wildman–Crippen LogP) is 1.40. The summed E-state index contributed by atoms with van der Waals surface area (Å²) in [7, 11) is 0. The molecule has 0 fully saturated rings. The van der Waals surface area contributed by atoms with Crippen molar-refractivity contribution in [1.82, 2.24) is 5.32 Å². The van der Waals surface area contributed by atoms with Gasteiger partial charge in [0.05, 0.1) is 6.10 Å². The maximum Gasteiger partial charge on any atom is 0.119 e. The molecule has 3 N–H and O–H groups in total. The average Bonchev–Trinajstić information content (AvgIpc) is 2.35. The third-order valence-electron chi connectivity index (χ3n) is 2.87. The highest BCUT2D eigenvalue weighted by Crippen LogP contribution is 2.16. The van der Waals surface area contributed by atoms with E-state index in [4.69, 9.17) is 4.74 Å². The van der Waals surface area contributed by atoms with E-state index >= 15 is 0 Å². The first-order valence-electron chi connectivity index (χ1n) is 6.79. The molecule has 4 nitrogen and oxygen atoms in total. The van der Waals surface area contributed by atoms with Gasteiger partial charge < -0.3 is 20.3 Å². The van der Waals surface area contributed by atoms with E-state index in [0.29, 0.717) is 19.5 Å². The molecule has 0 bridgehead atoms. The maximum atomic E-state index is 9.77. The average molecular weight is 267 g/mol. The maximum absolute atomic E-state index is 9.77. The Hall–Kier alpha value is -1.10. The van der Waals surface area contributed by atoms with Gasteiger partial charge >= 0.3 is 0 Å². The standard InChI is InChI=1S/C15H25NO3/c1-4-13(17)8-16-9-14(18)10-19-15-6-11(2)5-12(3)7-15/h5-7,13-14,16-18H,4,8-10H2,1-3H3. The Kier molecular flexibility index (Phi) is 6.84. The molecule has 4 heteroatoms. The number of aliphatic hydroxyl groups excluding tert-OH is 2. The van der Waals surface area contributed by atoms with Crippen LogP contribution in [0.25, 0.3) is 0 Å². The molecule has 0 saturated heterocycles. The summed E-state index contributed by atoms with van der Waals surface area (Å²) in [5.74, 6) is 0.783. The topological polar surface area (TPSA) is 61.7 Å². The van der Waals surface area contributed by atoms with E-state index in [2.05, 4.69) is 11.4 Å². The molecule has 0 aliphatic carbocycles.